The molecule has 0 atom stereocenters. The van der Waals surface area contributed by atoms with Gasteiger partial charge >= 0.3 is 5.97 Å². The summed E-state index contributed by atoms with van der Waals surface area (Å²) in [5.41, 5.74) is 1.94. The number of aromatic nitrogens is 1. The second-order valence-electron chi connectivity index (χ2n) is 4.56. The Hall–Kier alpha value is -2.21. The zero-order valence-corrected chi connectivity index (χ0v) is 12.4. The molecule has 0 aliphatic rings. The number of aryl methyl sites for hydroxylation is 1. The Morgan fingerprint density at radius 3 is 2.62 bits per heavy atom. The van der Waals surface area contributed by atoms with Crippen molar-refractivity contribution in [2.45, 2.75) is 26.3 Å². The SMILES string of the molecule is Cc1nc(-c2ccccc2)sc1CNC(=O)CCC(=O)O. The molecule has 1 heterocycles. The number of amides is 1. The van der Waals surface area contributed by atoms with Crippen LogP contribution in [0, 0.1) is 6.92 Å². The smallest absolute Gasteiger partial charge is 0.303 e. The average molecular weight is 304 g/mol. The third-order valence-electron chi connectivity index (χ3n) is 2.93. The molecule has 0 aliphatic heterocycles. The van der Waals surface area contributed by atoms with Gasteiger partial charge in [-0.1, -0.05) is 30.3 Å². The summed E-state index contributed by atoms with van der Waals surface area (Å²) in [7, 11) is 0. The lowest BCUT2D eigenvalue weighted by molar-refractivity contribution is -0.138. The van der Waals surface area contributed by atoms with Gasteiger partial charge in [0.05, 0.1) is 18.7 Å². The Labute approximate surface area is 126 Å². The number of carboxylic acids is 1. The number of thiazole rings is 1. The molecule has 5 nitrogen and oxygen atoms in total. The van der Waals surface area contributed by atoms with Crippen LogP contribution in [0.15, 0.2) is 30.3 Å². The highest BCUT2D eigenvalue weighted by atomic mass is 32.1. The lowest BCUT2D eigenvalue weighted by atomic mass is 10.2. The molecule has 110 valence electrons. The number of nitrogens with one attached hydrogen (secondary N) is 1. The quantitative estimate of drug-likeness (QED) is 0.859. The molecule has 2 rings (SSSR count). The van der Waals surface area contributed by atoms with Crippen LogP contribution in [-0.2, 0) is 16.1 Å². The number of carboxylic acid groups (broad SMARTS) is 1. The molecule has 0 bridgehead atoms. The number of benzene rings is 1. The third-order valence-corrected chi connectivity index (χ3v) is 4.13. The lowest BCUT2D eigenvalue weighted by Gasteiger charge is -2.02. The van der Waals surface area contributed by atoms with Crippen LogP contribution >= 0.6 is 11.3 Å². The van der Waals surface area contributed by atoms with Crippen LogP contribution in [-0.4, -0.2) is 22.0 Å². The summed E-state index contributed by atoms with van der Waals surface area (Å²) in [4.78, 5) is 27.4. The molecule has 2 N–H and O–H groups in total. The number of carbonyl (C=O) groups excluding carboxylic acids is 1. The molecule has 1 aromatic heterocycles. The van der Waals surface area contributed by atoms with Gasteiger partial charge in [-0.15, -0.1) is 11.3 Å². The van der Waals surface area contributed by atoms with Gasteiger partial charge in [-0.3, -0.25) is 9.59 Å². The van der Waals surface area contributed by atoms with Gasteiger partial charge in [0.1, 0.15) is 5.01 Å². The number of hydrogen-bond donors (Lipinski definition) is 2. The van der Waals surface area contributed by atoms with E-state index in [0.29, 0.717) is 6.54 Å². The Morgan fingerprint density at radius 1 is 1.24 bits per heavy atom. The first kappa shape index (κ1) is 15.2. The van der Waals surface area contributed by atoms with Gasteiger partial charge in [0, 0.05) is 16.9 Å². The topological polar surface area (TPSA) is 79.3 Å². The van der Waals surface area contributed by atoms with E-state index in [2.05, 4.69) is 10.3 Å². The van der Waals surface area contributed by atoms with E-state index in [9.17, 15) is 9.59 Å². The van der Waals surface area contributed by atoms with Crippen molar-refractivity contribution in [3.63, 3.8) is 0 Å². The monoisotopic (exact) mass is 304 g/mol. The largest absolute Gasteiger partial charge is 0.481 e. The molecule has 0 fully saturated rings. The van der Waals surface area contributed by atoms with Crippen LogP contribution in [0.4, 0.5) is 0 Å². The highest BCUT2D eigenvalue weighted by Crippen LogP contribution is 2.27. The molecule has 0 aliphatic carbocycles. The fourth-order valence-corrected chi connectivity index (χ4v) is 2.79. The first-order chi connectivity index (χ1) is 10.1. The predicted octanol–water partition coefficient (Wildman–Crippen LogP) is 2.60. The second-order valence-corrected chi connectivity index (χ2v) is 5.65. The molecule has 1 aromatic carbocycles. The molecule has 0 radical (unpaired) electrons. The molecule has 6 heteroatoms. The number of carbonyl (C=O) groups is 2. The van der Waals surface area contributed by atoms with E-state index in [1.54, 1.807) is 0 Å². The first-order valence-electron chi connectivity index (χ1n) is 6.56. The van der Waals surface area contributed by atoms with Crippen LogP contribution in [0.3, 0.4) is 0 Å². The van der Waals surface area contributed by atoms with E-state index in [1.165, 1.54) is 11.3 Å². The van der Waals surface area contributed by atoms with E-state index >= 15 is 0 Å². The Bertz CT molecular complexity index is 638. The van der Waals surface area contributed by atoms with Crippen molar-refractivity contribution >= 4 is 23.2 Å². The molecule has 0 unspecified atom stereocenters. The summed E-state index contributed by atoms with van der Waals surface area (Å²) >= 11 is 1.54. The van der Waals surface area contributed by atoms with Crippen molar-refractivity contribution in [3.8, 4) is 10.6 Å². The minimum absolute atomic E-state index is 0.00126. The summed E-state index contributed by atoms with van der Waals surface area (Å²) in [6.45, 7) is 2.29. The minimum atomic E-state index is -0.967. The minimum Gasteiger partial charge on any atom is -0.481 e. The molecule has 0 saturated carbocycles. The molecule has 1 amide bonds. The summed E-state index contributed by atoms with van der Waals surface area (Å²) in [6.07, 6.45) is -0.151. The van der Waals surface area contributed by atoms with Crippen molar-refractivity contribution in [1.82, 2.24) is 10.3 Å². The van der Waals surface area contributed by atoms with Crippen LogP contribution < -0.4 is 5.32 Å². The fraction of sp³-hybridized carbons (Fsp3) is 0.267. The maximum Gasteiger partial charge on any atom is 0.303 e. The molecule has 21 heavy (non-hydrogen) atoms. The molecule has 0 saturated heterocycles. The predicted molar refractivity (Wildman–Crippen MR) is 81.0 cm³/mol. The number of hydrogen-bond acceptors (Lipinski definition) is 4. The summed E-state index contributed by atoms with van der Waals surface area (Å²) in [5.74, 6) is -1.23. The van der Waals surface area contributed by atoms with Crippen LogP contribution in [0.2, 0.25) is 0 Å². The average Bonchev–Trinajstić information content (AvgIpc) is 2.85. The fourth-order valence-electron chi connectivity index (χ4n) is 1.78. The standard InChI is InChI=1S/C15H16N2O3S/c1-10-12(9-16-13(18)7-8-14(19)20)21-15(17-10)11-5-3-2-4-6-11/h2-6H,7-9H2,1H3,(H,16,18)(H,19,20). The van der Waals surface area contributed by atoms with Gasteiger partial charge in [0.15, 0.2) is 0 Å². The molecule has 0 spiro atoms. The van der Waals surface area contributed by atoms with Crippen molar-refractivity contribution in [2.75, 3.05) is 0 Å². The Kier molecular flexibility index (Phi) is 5.05. The highest BCUT2D eigenvalue weighted by Gasteiger charge is 2.11. The molecule has 2 aromatic rings. The van der Waals surface area contributed by atoms with Crippen molar-refractivity contribution < 1.29 is 14.7 Å². The van der Waals surface area contributed by atoms with E-state index < -0.39 is 5.97 Å². The Morgan fingerprint density at radius 2 is 1.95 bits per heavy atom. The van der Waals surface area contributed by atoms with Gasteiger partial charge in [-0.05, 0) is 6.92 Å². The van der Waals surface area contributed by atoms with Crippen molar-refractivity contribution in [1.29, 1.82) is 0 Å². The molecular weight excluding hydrogens is 288 g/mol. The summed E-state index contributed by atoms with van der Waals surface area (Å²) in [6, 6.07) is 9.85. The van der Waals surface area contributed by atoms with Crippen molar-refractivity contribution in [3.05, 3.63) is 40.9 Å². The van der Waals surface area contributed by atoms with E-state index in [4.69, 9.17) is 5.11 Å². The summed E-state index contributed by atoms with van der Waals surface area (Å²) < 4.78 is 0. The van der Waals surface area contributed by atoms with Crippen LogP contribution in [0.1, 0.15) is 23.4 Å². The highest BCUT2D eigenvalue weighted by molar-refractivity contribution is 7.15. The van der Waals surface area contributed by atoms with E-state index in [0.717, 1.165) is 21.1 Å². The first-order valence-corrected chi connectivity index (χ1v) is 7.38. The van der Waals surface area contributed by atoms with Crippen molar-refractivity contribution in [2.24, 2.45) is 0 Å². The van der Waals surface area contributed by atoms with Gasteiger partial charge < -0.3 is 10.4 Å². The lowest BCUT2D eigenvalue weighted by Crippen LogP contribution is -2.23. The van der Waals surface area contributed by atoms with Gasteiger partial charge in [-0.25, -0.2) is 4.98 Å². The summed E-state index contributed by atoms with van der Waals surface area (Å²) in [5, 5.41) is 12.2. The number of nitrogens with zero attached hydrogens (tertiary/aromatic N) is 1. The van der Waals surface area contributed by atoms with Gasteiger partial charge in [-0.2, -0.15) is 0 Å². The van der Waals surface area contributed by atoms with E-state index in [-0.39, 0.29) is 18.7 Å². The zero-order valence-electron chi connectivity index (χ0n) is 11.6. The van der Waals surface area contributed by atoms with Crippen LogP contribution in [0.5, 0.6) is 0 Å². The van der Waals surface area contributed by atoms with Crippen LogP contribution in [0.25, 0.3) is 10.6 Å². The van der Waals surface area contributed by atoms with E-state index in [1.807, 2.05) is 37.3 Å². The normalized spacial score (nSPS) is 10.3. The third kappa shape index (κ3) is 4.39. The number of aliphatic carboxylic acids is 1. The second kappa shape index (κ2) is 6.99. The zero-order chi connectivity index (χ0) is 15.2. The number of rotatable bonds is 6. The van der Waals surface area contributed by atoms with Gasteiger partial charge in [0.25, 0.3) is 0 Å². The maximum atomic E-state index is 11.5. The maximum absolute atomic E-state index is 11.5. The van der Waals surface area contributed by atoms with Gasteiger partial charge in [0.2, 0.25) is 5.91 Å². The molecular formula is C15H16N2O3S. The Balaban J connectivity index is 1.97.